The average molecular weight is 322 g/mol. The van der Waals surface area contributed by atoms with Crippen molar-refractivity contribution in [3.8, 4) is 0 Å². The zero-order valence-electron chi connectivity index (χ0n) is 4.94. The summed E-state index contributed by atoms with van der Waals surface area (Å²) in [6, 6.07) is 0. The molecule has 1 aromatic heterocycles. The Morgan fingerprint density at radius 3 is 2.55 bits per heavy atom. The van der Waals surface area contributed by atoms with Crippen LogP contribution < -0.4 is 0 Å². The molecule has 4 nitrogen and oxygen atoms in total. The summed E-state index contributed by atoms with van der Waals surface area (Å²) in [7, 11) is -3.41. The molecule has 1 rings (SSSR count). The zero-order chi connectivity index (χ0) is 8.48. The van der Waals surface area contributed by atoms with Crippen molar-refractivity contribution in [3.05, 3.63) is 11.7 Å². The molecular weight excluding hydrogens is 320 g/mol. The monoisotopic (exact) mass is 320 g/mol. The van der Waals surface area contributed by atoms with Gasteiger partial charge in [0.2, 0.25) is 0 Å². The summed E-state index contributed by atoms with van der Waals surface area (Å²) in [4.78, 5) is 3.64. The van der Waals surface area contributed by atoms with Gasteiger partial charge < -0.3 is 0 Å². The fourth-order valence-electron chi connectivity index (χ4n) is 0.400. The minimum absolute atomic E-state index is 0.186. The molecular formula is C3H2Br2N2O2S2. The first-order valence-corrected chi connectivity index (χ1v) is 6.04. The molecule has 1 aromatic rings. The van der Waals surface area contributed by atoms with Gasteiger partial charge in [0.05, 0.1) is 11.7 Å². The van der Waals surface area contributed by atoms with Crippen LogP contribution in [0.1, 0.15) is 0 Å². The van der Waals surface area contributed by atoms with Crippen molar-refractivity contribution < 1.29 is 8.42 Å². The Kier molecular flexibility index (Phi) is 3.03. The van der Waals surface area contributed by atoms with Crippen molar-refractivity contribution >= 4 is 53.7 Å². The molecule has 0 aliphatic heterocycles. The van der Waals surface area contributed by atoms with E-state index in [-0.39, 0.29) is 4.21 Å². The molecule has 0 saturated heterocycles. The van der Waals surface area contributed by atoms with Crippen LogP contribution in [0, 0.1) is 0 Å². The van der Waals surface area contributed by atoms with Crippen molar-refractivity contribution in [2.75, 3.05) is 0 Å². The van der Waals surface area contributed by atoms with Gasteiger partial charge in [-0.3, -0.25) is 4.98 Å². The van der Waals surface area contributed by atoms with E-state index in [0.29, 0.717) is 0 Å². The lowest BCUT2D eigenvalue weighted by atomic mass is 11.0. The maximum Gasteiger partial charge on any atom is 0.273 e. The second-order valence-electron chi connectivity index (χ2n) is 1.50. The molecule has 0 atom stereocenters. The number of thiazole rings is 1. The molecule has 8 heteroatoms. The van der Waals surface area contributed by atoms with E-state index in [0.717, 1.165) is 13.7 Å². The molecule has 0 aliphatic carbocycles. The fourth-order valence-corrected chi connectivity index (χ4v) is 3.43. The summed E-state index contributed by atoms with van der Waals surface area (Å²) in [6.07, 6.45) is 1.29. The predicted octanol–water partition coefficient (Wildman–Crippen LogP) is 1.75. The molecule has 0 N–H and O–H groups in total. The molecule has 0 fully saturated rings. The van der Waals surface area contributed by atoms with Gasteiger partial charge in [-0.1, -0.05) is 2.36 Å². The van der Waals surface area contributed by atoms with Crippen molar-refractivity contribution in [3.63, 3.8) is 0 Å². The number of sulfonamides is 1. The van der Waals surface area contributed by atoms with Crippen molar-refractivity contribution in [2.24, 2.45) is 0 Å². The van der Waals surface area contributed by atoms with Crippen LogP contribution in [0.4, 0.5) is 0 Å². The Hall–Kier alpha value is 0.500. The van der Waals surface area contributed by atoms with Crippen LogP contribution in [-0.4, -0.2) is 15.8 Å². The number of hydrogen-bond donors (Lipinski definition) is 0. The van der Waals surface area contributed by atoms with Gasteiger partial charge in [0.1, 0.15) is 0 Å². The zero-order valence-corrected chi connectivity index (χ0v) is 9.74. The lowest BCUT2D eigenvalue weighted by Crippen LogP contribution is -2.09. The Bertz CT molecular complexity index is 319. The molecule has 1 heterocycles. The Balaban J connectivity index is 3.12. The highest BCUT2D eigenvalue weighted by atomic mass is 79.9. The minimum Gasteiger partial charge on any atom is -0.252 e. The highest BCUT2D eigenvalue weighted by Gasteiger charge is 2.21. The Labute approximate surface area is 85.0 Å². The first-order chi connectivity index (χ1) is 5.05. The van der Waals surface area contributed by atoms with E-state index in [1.165, 1.54) is 11.7 Å². The largest absolute Gasteiger partial charge is 0.273 e. The van der Waals surface area contributed by atoms with E-state index in [4.69, 9.17) is 0 Å². The van der Waals surface area contributed by atoms with E-state index >= 15 is 0 Å². The lowest BCUT2D eigenvalue weighted by Gasteiger charge is -2.01. The van der Waals surface area contributed by atoms with Crippen LogP contribution in [0.3, 0.4) is 0 Å². The number of nitrogens with zero attached hydrogens (tertiary/aromatic N) is 2. The molecule has 0 spiro atoms. The molecule has 0 amide bonds. The molecule has 62 valence electrons. The van der Waals surface area contributed by atoms with Crippen LogP contribution in [0.2, 0.25) is 0 Å². The second-order valence-corrected chi connectivity index (χ2v) is 7.71. The molecule has 0 saturated carbocycles. The van der Waals surface area contributed by atoms with Crippen LogP contribution in [-0.2, 0) is 10.0 Å². The highest BCUT2D eigenvalue weighted by Crippen LogP contribution is 2.24. The number of halogens is 2. The summed E-state index contributed by atoms with van der Waals surface area (Å²) in [5, 5.41) is 0. The number of rotatable bonds is 2. The van der Waals surface area contributed by atoms with Gasteiger partial charge in [-0.05, 0) is 0 Å². The molecule has 0 radical (unpaired) electrons. The van der Waals surface area contributed by atoms with E-state index in [1.807, 2.05) is 0 Å². The number of hydrogen-bond acceptors (Lipinski definition) is 4. The van der Waals surface area contributed by atoms with Crippen LogP contribution in [0.5, 0.6) is 0 Å². The van der Waals surface area contributed by atoms with E-state index in [9.17, 15) is 8.42 Å². The highest BCUT2D eigenvalue weighted by molar-refractivity contribution is 9.22. The summed E-state index contributed by atoms with van der Waals surface area (Å²) < 4.78 is 23.4. The van der Waals surface area contributed by atoms with E-state index < -0.39 is 10.0 Å². The van der Waals surface area contributed by atoms with Crippen molar-refractivity contribution in [1.82, 2.24) is 7.34 Å². The minimum atomic E-state index is -3.41. The second kappa shape index (κ2) is 3.48. The molecule has 0 aromatic carbocycles. The van der Waals surface area contributed by atoms with Gasteiger partial charge in [0, 0.05) is 32.3 Å². The van der Waals surface area contributed by atoms with Crippen molar-refractivity contribution in [1.29, 1.82) is 0 Å². The smallest absolute Gasteiger partial charge is 0.252 e. The first-order valence-electron chi connectivity index (χ1n) is 2.30. The first kappa shape index (κ1) is 9.59. The molecule has 0 aliphatic rings. The quantitative estimate of drug-likeness (QED) is 0.780. The van der Waals surface area contributed by atoms with Crippen molar-refractivity contribution in [2.45, 2.75) is 4.21 Å². The van der Waals surface area contributed by atoms with Gasteiger partial charge in [0.25, 0.3) is 10.0 Å². The maximum atomic E-state index is 11.2. The Morgan fingerprint density at radius 1 is 1.55 bits per heavy atom. The maximum absolute atomic E-state index is 11.2. The Morgan fingerprint density at radius 2 is 2.18 bits per heavy atom. The van der Waals surface area contributed by atoms with Gasteiger partial charge in [0.15, 0.2) is 4.21 Å². The van der Waals surface area contributed by atoms with Gasteiger partial charge >= 0.3 is 0 Å². The normalized spacial score (nSPS) is 12.3. The van der Waals surface area contributed by atoms with Crippen LogP contribution in [0.15, 0.2) is 15.9 Å². The SMILES string of the molecule is O=S(=O)(c1cncs1)N(Br)Br. The van der Waals surface area contributed by atoms with Crippen LogP contribution in [0.25, 0.3) is 0 Å². The number of aromatic nitrogens is 1. The fraction of sp³-hybridized carbons (Fsp3) is 0. The van der Waals surface area contributed by atoms with Gasteiger partial charge in [-0.15, -0.1) is 11.3 Å². The lowest BCUT2D eigenvalue weighted by molar-refractivity contribution is 0.587. The third-order valence-electron chi connectivity index (χ3n) is 0.846. The summed E-state index contributed by atoms with van der Waals surface area (Å²) in [5.74, 6) is 0. The third kappa shape index (κ3) is 2.00. The van der Waals surface area contributed by atoms with Gasteiger partial charge in [-0.25, -0.2) is 8.42 Å². The third-order valence-corrected chi connectivity index (χ3v) is 5.60. The topological polar surface area (TPSA) is 50.3 Å². The molecule has 0 unspecified atom stereocenters. The summed E-state index contributed by atoms with van der Waals surface area (Å²) in [6.45, 7) is 0. The van der Waals surface area contributed by atoms with Crippen LogP contribution >= 0.6 is 43.6 Å². The van der Waals surface area contributed by atoms with E-state index in [2.05, 4.69) is 37.3 Å². The molecule has 0 bridgehead atoms. The standard InChI is InChI=1S/C3H2Br2N2O2S2/c4-7(5)11(8,9)3-1-6-2-10-3/h1-2H. The average Bonchev–Trinajstić information content (AvgIpc) is 2.37. The summed E-state index contributed by atoms with van der Waals surface area (Å²) >= 11 is 6.57. The van der Waals surface area contributed by atoms with Gasteiger partial charge in [-0.2, -0.15) is 0 Å². The molecule has 11 heavy (non-hydrogen) atoms. The predicted molar refractivity (Wildman–Crippen MR) is 49.0 cm³/mol. The van der Waals surface area contributed by atoms with E-state index in [1.54, 1.807) is 0 Å². The summed E-state index contributed by atoms with van der Waals surface area (Å²) in [5.41, 5.74) is 1.45.